The lowest BCUT2D eigenvalue weighted by atomic mass is 10.1. The zero-order chi connectivity index (χ0) is 19.9. The SMILES string of the molecule is COc1ccc(OC)c(C(=O)Oc2ccccc2)c1CS(=O)c1ccccc1. The molecule has 3 aromatic carbocycles. The van der Waals surface area contributed by atoms with Crippen molar-refractivity contribution in [3.8, 4) is 17.2 Å². The van der Waals surface area contributed by atoms with Crippen LogP contribution >= 0.6 is 0 Å². The molecule has 0 fully saturated rings. The number of esters is 1. The van der Waals surface area contributed by atoms with Gasteiger partial charge in [-0.25, -0.2) is 4.79 Å². The molecule has 1 atom stereocenters. The van der Waals surface area contributed by atoms with Gasteiger partial charge in [0.1, 0.15) is 22.8 Å². The van der Waals surface area contributed by atoms with Gasteiger partial charge in [-0.3, -0.25) is 4.21 Å². The van der Waals surface area contributed by atoms with Crippen molar-refractivity contribution in [3.63, 3.8) is 0 Å². The molecular weight excluding hydrogens is 376 g/mol. The lowest BCUT2D eigenvalue weighted by Gasteiger charge is -2.16. The highest BCUT2D eigenvalue weighted by atomic mass is 32.2. The summed E-state index contributed by atoms with van der Waals surface area (Å²) < 4.78 is 29.2. The normalized spacial score (nSPS) is 11.5. The topological polar surface area (TPSA) is 61.8 Å². The quantitative estimate of drug-likeness (QED) is 0.442. The highest BCUT2D eigenvalue weighted by Gasteiger charge is 2.25. The molecule has 144 valence electrons. The van der Waals surface area contributed by atoms with Crippen LogP contribution in [0.2, 0.25) is 0 Å². The molecule has 0 aliphatic heterocycles. The summed E-state index contributed by atoms with van der Waals surface area (Å²) in [5.74, 6) is 0.685. The predicted octanol–water partition coefficient (Wildman–Crippen LogP) is 4.23. The molecule has 3 aromatic rings. The summed E-state index contributed by atoms with van der Waals surface area (Å²) >= 11 is 0. The van der Waals surface area contributed by atoms with Crippen molar-refractivity contribution in [1.29, 1.82) is 0 Å². The third-order valence-corrected chi connectivity index (χ3v) is 5.46. The van der Waals surface area contributed by atoms with Gasteiger partial charge in [-0.1, -0.05) is 36.4 Å². The highest BCUT2D eigenvalue weighted by Crippen LogP contribution is 2.33. The van der Waals surface area contributed by atoms with Crippen molar-refractivity contribution in [2.24, 2.45) is 0 Å². The van der Waals surface area contributed by atoms with Crippen LogP contribution in [-0.4, -0.2) is 24.4 Å². The Balaban J connectivity index is 2.02. The van der Waals surface area contributed by atoms with E-state index in [1.165, 1.54) is 14.2 Å². The first kappa shape index (κ1) is 19.6. The monoisotopic (exact) mass is 396 g/mol. The van der Waals surface area contributed by atoms with Crippen molar-refractivity contribution >= 4 is 16.8 Å². The van der Waals surface area contributed by atoms with Gasteiger partial charge < -0.3 is 14.2 Å². The Kier molecular flexibility index (Phi) is 6.45. The van der Waals surface area contributed by atoms with Crippen LogP contribution in [0.15, 0.2) is 77.7 Å². The van der Waals surface area contributed by atoms with Crippen LogP contribution < -0.4 is 14.2 Å². The van der Waals surface area contributed by atoms with Crippen LogP contribution in [-0.2, 0) is 16.6 Å². The maximum absolute atomic E-state index is 12.9. The number of carbonyl (C=O) groups is 1. The van der Waals surface area contributed by atoms with Crippen molar-refractivity contribution in [3.05, 3.63) is 83.9 Å². The Bertz CT molecular complexity index is 971. The molecule has 5 nitrogen and oxygen atoms in total. The van der Waals surface area contributed by atoms with E-state index in [0.29, 0.717) is 27.7 Å². The third kappa shape index (κ3) is 4.40. The smallest absolute Gasteiger partial charge is 0.347 e. The molecule has 6 heteroatoms. The molecule has 28 heavy (non-hydrogen) atoms. The fourth-order valence-corrected chi connectivity index (χ4v) is 3.95. The van der Waals surface area contributed by atoms with Crippen LogP contribution in [0.5, 0.6) is 17.2 Å². The fourth-order valence-electron chi connectivity index (χ4n) is 2.77. The fraction of sp³-hybridized carbons (Fsp3) is 0.136. The Morgan fingerprint density at radius 2 is 1.39 bits per heavy atom. The zero-order valence-corrected chi connectivity index (χ0v) is 16.4. The Morgan fingerprint density at radius 1 is 0.821 bits per heavy atom. The molecule has 0 radical (unpaired) electrons. The molecule has 0 aromatic heterocycles. The molecule has 0 bridgehead atoms. The van der Waals surface area contributed by atoms with Gasteiger partial charge in [0.2, 0.25) is 0 Å². The van der Waals surface area contributed by atoms with Gasteiger partial charge in [0.05, 0.1) is 30.8 Å². The summed E-state index contributed by atoms with van der Waals surface area (Å²) in [5, 5.41) is 0. The van der Waals surface area contributed by atoms with Crippen molar-refractivity contribution in [2.45, 2.75) is 10.6 Å². The molecule has 3 rings (SSSR count). The second kappa shape index (κ2) is 9.19. The van der Waals surface area contributed by atoms with Crippen LogP contribution in [0.3, 0.4) is 0 Å². The van der Waals surface area contributed by atoms with Crippen LogP contribution in [0.4, 0.5) is 0 Å². The van der Waals surface area contributed by atoms with E-state index in [9.17, 15) is 9.00 Å². The van der Waals surface area contributed by atoms with E-state index >= 15 is 0 Å². The van der Waals surface area contributed by atoms with Gasteiger partial charge >= 0.3 is 5.97 Å². The number of carbonyl (C=O) groups excluding carboxylic acids is 1. The first-order valence-corrected chi connectivity index (χ1v) is 9.90. The zero-order valence-electron chi connectivity index (χ0n) is 15.6. The van der Waals surface area contributed by atoms with Gasteiger partial charge in [0.25, 0.3) is 0 Å². The molecule has 0 N–H and O–H groups in total. The lowest BCUT2D eigenvalue weighted by Crippen LogP contribution is -2.15. The summed E-state index contributed by atoms with van der Waals surface area (Å²) in [6.45, 7) is 0. The maximum atomic E-state index is 12.9. The molecule has 1 unspecified atom stereocenters. The summed E-state index contributed by atoms with van der Waals surface area (Å²) in [5.41, 5.74) is 0.681. The van der Waals surface area contributed by atoms with Crippen LogP contribution in [0, 0.1) is 0 Å². The Morgan fingerprint density at radius 3 is 2.00 bits per heavy atom. The van der Waals surface area contributed by atoms with E-state index in [1.54, 1.807) is 48.5 Å². The number of ether oxygens (including phenoxy) is 3. The molecular formula is C22H20O5S. The van der Waals surface area contributed by atoms with Crippen molar-refractivity contribution < 1.29 is 23.2 Å². The molecule has 0 saturated carbocycles. The second-order valence-electron chi connectivity index (χ2n) is 5.83. The molecule has 0 aliphatic carbocycles. The third-order valence-electron chi connectivity index (χ3n) is 4.11. The second-order valence-corrected chi connectivity index (χ2v) is 7.28. The molecule has 0 aliphatic rings. The number of benzene rings is 3. The van der Waals surface area contributed by atoms with Crippen molar-refractivity contribution in [1.82, 2.24) is 0 Å². The van der Waals surface area contributed by atoms with Gasteiger partial charge in [-0.2, -0.15) is 0 Å². The molecule has 0 heterocycles. The van der Waals surface area contributed by atoms with E-state index in [2.05, 4.69) is 0 Å². The average Bonchev–Trinajstić information content (AvgIpc) is 2.74. The largest absolute Gasteiger partial charge is 0.496 e. The first-order chi connectivity index (χ1) is 13.6. The minimum atomic E-state index is -1.37. The van der Waals surface area contributed by atoms with Gasteiger partial charge in [0, 0.05) is 10.5 Å². The summed E-state index contributed by atoms with van der Waals surface area (Å²) in [4.78, 5) is 13.6. The first-order valence-electron chi connectivity index (χ1n) is 8.58. The van der Waals surface area contributed by atoms with E-state index in [1.807, 2.05) is 24.3 Å². The molecule has 0 spiro atoms. The molecule has 0 saturated heterocycles. The molecule has 0 amide bonds. The lowest BCUT2D eigenvalue weighted by molar-refractivity contribution is 0.0730. The summed E-state index contributed by atoms with van der Waals surface area (Å²) in [6.07, 6.45) is 0. The summed E-state index contributed by atoms with van der Waals surface area (Å²) in [6, 6.07) is 21.1. The Hall–Kier alpha value is -3.12. The van der Waals surface area contributed by atoms with Gasteiger partial charge in [-0.15, -0.1) is 0 Å². The van der Waals surface area contributed by atoms with Crippen molar-refractivity contribution in [2.75, 3.05) is 14.2 Å². The van der Waals surface area contributed by atoms with Gasteiger partial charge in [0.15, 0.2) is 0 Å². The van der Waals surface area contributed by atoms with Gasteiger partial charge in [-0.05, 0) is 36.4 Å². The van der Waals surface area contributed by atoms with E-state index < -0.39 is 16.8 Å². The van der Waals surface area contributed by atoms with E-state index in [-0.39, 0.29) is 11.3 Å². The minimum Gasteiger partial charge on any atom is -0.496 e. The van der Waals surface area contributed by atoms with E-state index in [4.69, 9.17) is 14.2 Å². The average molecular weight is 396 g/mol. The number of methoxy groups -OCH3 is 2. The predicted molar refractivity (Wildman–Crippen MR) is 108 cm³/mol. The van der Waals surface area contributed by atoms with Crippen LogP contribution in [0.25, 0.3) is 0 Å². The number of hydrogen-bond acceptors (Lipinski definition) is 5. The Labute approximate surface area is 166 Å². The number of para-hydroxylation sites is 1. The number of hydrogen-bond donors (Lipinski definition) is 0. The van der Waals surface area contributed by atoms with E-state index in [0.717, 1.165) is 0 Å². The maximum Gasteiger partial charge on any atom is 0.347 e. The van der Waals surface area contributed by atoms with Crippen LogP contribution in [0.1, 0.15) is 15.9 Å². The highest BCUT2D eigenvalue weighted by molar-refractivity contribution is 7.84. The standard InChI is InChI=1S/C22H20O5S/c1-25-19-13-14-20(26-2)21(22(23)27-16-9-5-3-6-10-16)18(19)15-28(24)17-11-7-4-8-12-17/h3-14H,15H2,1-2H3. The summed E-state index contributed by atoms with van der Waals surface area (Å²) in [7, 11) is 1.60. The number of rotatable bonds is 7. The minimum absolute atomic E-state index is 0.0869.